The van der Waals surface area contributed by atoms with Crippen molar-refractivity contribution in [3.63, 3.8) is 0 Å². The molecule has 0 radical (unpaired) electrons. The molecule has 1 amide bonds. The molecule has 4 nitrogen and oxygen atoms in total. The highest BCUT2D eigenvalue weighted by Crippen LogP contribution is 2.23. The first kappa shape index (κ1) is 14.9. The van der Waals surface area contributed by atoms with Crippen molar-refractivity contribution in [3.8, 4) is 5.75 Å². The number of carbonyl (C=O) groups is 1. The van der Waals surface area contributed by atoms with E-state index in [0.29, 0.717) is 13.0 Å². The highest BCUT2D eigenvalue weighted by molar-refractivity contribution is 5.77. The lowest BCUT2D eigenvalue weighted by molar-refractivity contribution is -0.133. The minimum absolute atomic E-state index is 0.00250. The lowest BCUT2D eigenvalue weighted by atomic mass is 10.1. The number of amides is 1. The molecule has 0 aliphatic carbocycles. The Morgan fingerprint density at radius 1 is 1.40 bits per heavy atom. The number of benzene rings is 1. The van der Waals surface area contributed by atoms with Gasteiger partial charge in [-0.2, -0.15) is 0 Å². The van der Waals surface area contributed by atoms with Gasteiger partial charge in [0.2, 0.25) is 5.91 Å². The Bertz CT molecular complexity index is 453. The lowest BCUT2D eigenvalue weighted by Gasteiger charge is -2.23. The summed E-state index contributed by atoms with van der Waals surface area (Å²) in [7, 11) is 0. The number of likely N-dealkylation sites (tertiary alicyclic amines) is 1. The smallest absolute Gasteiger partial charge is 0.226 e. The normalized spacial score (nSPS) is 18.4. The fraction of sp³-hybridized carbons (Fsp3) is 0.562. The average molecular weight is 277 g/mol. The van der Waals surface area contributed by atoms with E-state index in [1.807, 2.05) is 32.0 Å². The Hall–Kier alpha value is -1.55. The Kier molecular flexibility index (Phi) is 5.01. The zero-order valence-electron chi connectivity index (χ0n) is 12.3. The molecule has 20 heavy (non-hydrogen) atoms. The van der Waals surface area contributed by atoms with Crippen molar-refractivity contribution in [3.05, 3.63) is 29.3 Å². The first-order valence-electron chi connectivity index (χ1n) is 7.23. The minimum Gasteiger partial charge on any atom is -0.493 e. The van der Waals surface area contributed by atoms with Crippen molar-refractivity contribution in [2.45, 2.75) is 39.2 Å². The van der Waals surface area contributed by atoms with Gasteiger partial charge in [-0.25, -0.2) is 0 Å². The Labute approximate surface area is 120 Å². The van der Waals surface area contributed by atoms with E-state index in [1.54, 1.807) is 4.90 Å². The number of aliphatic hydroxyl groups is 1. The summed E-state index contributed by atoms with van der Waals surface area (Å²) in [5, 5.41) is 9.24. The van der Waals surface area contributed by atoms with E-state index in [2.05, 4.69) is 0 Å². The third-order valence-corrected chi connectivity index (χ3v) is 3.88. The van der Waals surface area contributed by atoms with Crippen LogP contribution in [0.1, 0.15) is 30.4 Å². The summed E-state index contributed by atoms with van der Waals surface area (Å²) in [6, 6.07) is 6.01. The van der Waals surface area contributed by atoms with Crippen LogP contribution < -0.4 is 4.74 Å². The zero-order valence-corrected chi connectivity index (χ0v) is 12.3. The van der Waals surface area contributed by atoms with Gasteiger partial charge in [-0.15, -0.1) is 0 Å². The second-order valence-corrected chi connectivity index (χ2v) is 5.39. The molecule has 0 spiro atoms. The number of hydrogen-bond acceptors (Lipinski definition) is 3. The molecule has 1 N–H and O–H groups in total. The molecule has 0 bridgehead atoms. The molecule has 1 aromatic carbocycles. The zero-order chi connectivity index (χ0) is 14.5. The van der Waals surface area contributed by atoms with Gasteiger partial charge < -0.3 is 14.7 Å². The number of aliphatic hydroxyl groups excluding tert-OH is 1. The number of aryl methyl sites for hydroxylation is 2. The molecule has 1 unspecified atom stereocenters. The van der Waals surface area contributed by atoms with Crippen LogP contribution in [0, 0.1) is 13.8 Å². The first-order valence-corrected chi connectivity index (χ1v) is 7.23. The quantitative estimate of drug-likeness (QED) is 0.896. The predicted octanol–water partition coefficient (Wildman–Crippen LogP) is 2.06. The van der Waals surface area contributed by atoms with Crippen LogP contribution in [0.2, 0.25) is 0 Å². The number of nitrogens with zero attached hydrogens (tertiary/aromatic N) is 1. The van der Waals surface area contributed by atoms with Crippen molar-refractivity contribution in [1.82, 2.24) is 4.90 Å². The third-order valence-electron chi connectivity index (χ3n) is 3.88. The molecule has 2 rings (SSSR count). The number of hydrogen-bond donors (Lipinski definition) is 1. The standard InChI is InChI=1S/C16H23NO3/c1-12-5-3-6-13(2)16(12)20-10-8-15(19)17-9-4-7-14(17)11-18/h3,5-6,14,18H,4,7-11H2,1-2H3. The van der Waals surface area contributed by atoms with Crippen molar-refractivity contribution in [2.75, 3.05) is 19.8 Å². The molecule has 1 fully saturated rings. The summed E-state index contributed by atoms with van der Waals surface area (Å²) in [5.74, 6) is 0.952. The molecule has 0 aromatic heterocycles. The molecule has 0 saturated carbocycles. The van der Waals surface area contributed by atoms with E-state index in [9.17, 15) is 9.90 Å². The van der Waals surface area contributed by atoms with E-state index >= 15 is 0 Å². The molecule has 1 aliphatic heterocycles. The van der Waals surface area contributed by atoms with Crippen LogP contribution in [-0.2, 0) is 4.79 Å². The minimum atomic E-state index is 0.00250. The molecule has 1 atom stereocenters. The van der Waals surface area contributed by atoms with E-state index in [0.717, 1.165) is 36.3 Å². The highest BCUT2D eigenvalue weighted by Gasteiger charge is 2.27. The third kappa shape index (κ3) is 3.31. The van der Waals surface area contributed by atoms with E-state index in [-0.39, 0.29) is 18.6 Å². The number of rotatable bonds is 5. The van der Waals surface area contributed by atoms with Crippen LogP contribution in [0.15, 0.2) is 18.2 Å². The second-order valence-electron chi connectivity index (χ2n) is 5.39. The van der Waals surface area contributed by atoms with Crippen LogP contribution >= 0.6 is 0 Å². The SMILES string of the molecule is Cc1cccc(C)c1OCCC(=O)N1CCCC1CO. The summed E-state index contributed by atoms with van der Waals surface area (Å²) >= 11 is 0. The maximum absolute atomic E-state index is 12.1. The van der Waals surface area contributed by atoms with Crippen molar-refractivity contribution in [2.24, 2.45) is 0 Å². The molecule has 4 heteroatoms. The molecule has 1 saturated heterocycles. The van der Waals surface area contributed by atoms with Crippen LogP contribution in [0.4, 0.5) is 0 Å². The summed E-state index contributed by atoms with van der Waals surface area (Å²) < 4.78 is 5.76. The lowest BCUT2D eigenvalue weighted by Crippen LogP contribution is -2.38. The van der Waals surface area contributed by atoms with Crippen molar-refractivity contribution >= 4 is 5.91 Å². The summed E-state index contributed by atoms with van der Waals surface area (Å²) in [6.07, 6.45) is 2.25. The molecular formula is C16H23NO3. The summed E-state index contributed by atoms with van der Waals surface area (Å²) in [4.78, 5) is 13.9. The maximum Gasteiger partial charge on any atom is 0.226 e. The summed E-state index contributed by atoms with van der Waals surface area (Å²) in [5.41, 5.74) is 2.18. The molecular weight excluding hydrogens is 254 g/mol. The van der Waals surface area contributed by atoms with E-state index in [1.165, 1.54) is 0 Å². The van der Waals surface area contributed by atoms with Crippen LogP contribution in [-0.4, -0.2) is 41.7 Å². The van der Waals surface area contributed by atoms with Gasteiger partial charge in [-0.3, -0.25) is 4.79 Å². The number of ether oxygens (including phenoxy) is 1. The Morgan fingerprint density at radius 3 is 2.75 bits per heavy atom. The number of carbonyl (C=O) groups excluding carboxylic acids is 1. The van der Waals surface area contributed by atoms with Gasteiger partial charge in [0.05, 0.1) is 25.7 Å². The highest BCUT2D eigenvalue weighted by atomic mass is 16.5. The second kappa shape index (κ2) is 6.75. The molecule has 1 aromatic rings. The monoisotopic (exact) mass is 277 g/mol. The van der Waals surface area contributed by atoms with Crippen molar-refractivity contribution < 1.29 is 14.6 Å². The van der Waals surface area contributed by atoms with Gasteiger partial charge in [-0.1, -0.05) is 18.2 Å². The maximum atomic E-state index is 12.1. The fourth-order valence-electron chi connectivity index (χ4n) is 2.76. The number of para-hydroxylation sites is 1. The molecule has 1 aliphatic rings. The van der Waals surface area contributed by atoms with Gasteiger partial charge in [-0.05, 0) is 37.8 Å². The van der Waals surface area contributed by atoms with Crippen molar-refractivity contribution in [1.29, 1.82) is 0 Å². The average Bonchev–Trinajstić information content (AvgIpc) is 2.90. The van der Waals surface area contributed by atoms with Gasteiger partial charge in [0.15, 0.2) is 0 Å². The van der Waals surface area contributed by atoms with E-state index < -0.39 is 0 Å². The molecule has 1 heterocycles. The van der Waals surface area contributed by atoms with Crippen LogP contribution in [0.3, 0.4) is 0 Å². The summed E-state index contributed by atoms with van der Waals surface area (Å²) in [6.45, 7) is 5.22. The van der Waals surface area contributed by atoms with Gasteiger partial charge in [0.25, 0.3) is 0 Å². The van der Waals surface area contributed by atoms with Crippen LogP contribution in [0.5, 0.6) is 5.75 Å². The van der Waals surface area contributed by atoms with E-state index in [4.69, 9.17) is 4.74 Å². The predicted molar refractivity (Wildman–Crippen MR) is 77.8 cm³/mol. The van der Waals surface area contributed by atoms with Gasteiger partial charge >= 0.3 is 0 Å². The van der Waals surface area contributed by atoms with Gasteiger partial charge in [0, 0.05) is 6.54 Å². The van der Waals surface area contributed by atoms with Crippen LogP contribution in [0.25, 0.3) is 0 Å². The Balaban J connectivity index is 1.85. The topological polar surface area (TPSA) is 49.8 Å². The fourth-order valence-corrected chi connectivity index (χ4v) is 2.76. The first-order chi connectivity index (χ1) is 9.63. The Morgan fingerprint density at radius 2 is 2.10 bits per heavy atom. The van der Waals surface area contributed by atoms with Gasteiger partial charge in [0.1, 0.15) is 5.75 Å². The largest absolute Gasteiger partial charge is 0.493 e. The molecule has 110 valence electrons.